The Morgan fingerprint density at radius 1 is 1.19 bits per heavy atom. The summed E-state index contributed by atoms with van der Waals surface area (Å²) >= 11 is 0. The Hall–Kier alpha value is -3.59. The van der Waals surface area contributed by atoms with Crippen LogP contribution in [0, 0.1) is 0 Å². The van der Waals surface area contributed by atoms with Gasteiger partial charge in [-0.05, 0) is 49.4 Å². The number of rotatable bonds is 8. The van der Waals surface area contributed by atoms with E-state index in [-0.39, 0.29) is 17.1 Å². The number of carbonyl (C=O) groups excluding carboxylic acids is 1. The molecule has 31 heavy (non-hydrogen) atoms. The van der Waals surface area contributed by atoms with E-state index in [1.807, 2.05) is 6.07 Å². The lowest BCUT2D eigenvalue weighted by Gasteiger charge is -2.23. The molecule has 0 radical (unpaired) electrons. The lowest BCUT2D eigenvalue weighted by atomic mass is 10.3. The number of hydrogen-bond donors (Lipinski definition) is 1. The smallest absolute Gasteiger partial charge is 0.264 e. The molecule has 0 fully saturated rings. The first kappa shape index (κ1) is 22.1. The van der Waals surface area contributed by atoms with Crippen molar-refractivity contribution >= 4 is 33.4 Å². The minimum absolute atomic E-state index is 0.0462. The molecule has 1 heterocycles. The number of aryl methyl sites for hydroxylation is 1. The van der Waals surface area contributed by atoms with Crippen LogP contribution in [0.3, 0.4) is 0 Å². The number of nitrogens with zero attached hydrogens (tertiary/aromatic N) is 3. The number of carbonyl (C=O) groups is 1. The first-order valence-electron chi connectivity index (χ1n) is 9.59. The molecule has 8 nitrogen and oxygen atoms in total. The van der Waals surface area contributed by atoms with E-state index in [0.717, 1.165) is 5.69 Å². The molecule has 0 bridgehead atoms. The van der Waals surface area contributed by atoms with Crippen molar-refractivity contribution in [2.45, 2.75) is 11.8 Å². The van der Waals surface area contributed by atoms with Gasteiger partial charge in [-0.3, -0.25) is 13.8 Å². The summed E-state index contributed by atoms with van der Waals surface area (Å²) in [6.45, 7) is 2.02. The van der Waals surface area contributed by atoms with Crippen LogP contribution in [0.4, 0.5) is 11.4 Å². The molecule has 2 aromatic carbocycles. The standard InChI is InChI=1S/C22H24N4O4S/c1-4-26(18-8-6-5-7-9-18)31(28,29)19-11-12-21(30-3)20(16-19)24-22(27)13-10-17-14-15-23-25(17)2/h5-16H,4H2,1-3H3,(H,24,27)/b13-10+. The lowest BCUT2D eigenvalue weighted by molar-refractivity contribution is -0.111. The van der Waals surface area contributed by atoms with Crippen molar-refractivity contribution in [1.82, 2.24) is 9.78 Å². The summed E-state index contributed by atoms with van der Waals surface area (Å²) < 4.78 is 34.8. The number of aromatic nitrogens is 2. The zero-order valence-corrected chi connectivity index (χ0v) is 18.3. The maximum absolute atomic E-state index is 13.3. The van der Waals surface area contributed by atoms with Crippen molar-refractivity contribution in [2.75, 3.05) is 23.3 Å². The highest BCUT2D eigenvalue weighted by molar-refractivity contribution is 7.92. The minimum atomic E-state index is -3.84. The molecule has 0 aliphatic rings. The Morgan fingerprint density at radius 3 is 2.55 bits per heavy atom. The highest BCUT2D eigenvalue weighted by Crippen LogP contribution is 2.30. The molecule has 0 atom stereocenters. The molecular formula is C22H24N4O4S. The Morgan fingerprint density at radius 2 is 1.94 bits per heavy atom. The van der Waals surface area contributed by atoms with Gasteiger partial charge < -0.3 is 10.1 Å². The van der Waals surface area contributed by atoms with Crippen LogP contribution in [-0.2, 0) is 21.9 Å². The highest BCUT2D eigenvalue weighted by atomic mass is 32.2. The molecule has 1 amide bonds. The van der Waals surface area contributed by atoms with Crippen LogP contribution >= 0.6 is 0 Å². The van der Waals surface area contributed by atoms with Gasteiger partial charge in [0.15, 0.2) is 0 Å². The molecule has 0 saturated carbocycles. The SMILES string of the molecule is CCN(c1ccccc1)S(=O)(=O)c1ccc(OC)c(NC(=O)/C=C/c2ccnn2C)c1. The number of sulfonamides is 1. The first-order valence-corrected chi connectivity index (χ1v) is 11.0. The van der Waals surface area contributed by atoms with E-state index in [4.69, 9.17) is 4.74 Å². The van der Waals surface area contributed by atoms with E-state index in [2.05, 4.69) is 10.4 Å². The number of hydrogen-bond acceptors (Lipinski definition) is 5. The molecule has 0 unspecified atom stereocenters. The van der Waals surface area contributed by atoms with Crippen molar-refractivity contribution in [3.63, 3.8) is 0 Å². The third-order valence-corrected chi connectivity index (χ3v) is 6.51. The second-order valence-electron chi connectivity index (χ2n) is 6.57. The van der Waals surface area contributed by atoms with E-state index >= 15 is 0 Å². The van der Waals surface area contributed by atoms with Crippen LogP contribution < -0.4 is 14.4 Å². The number of ether oxygens (including phenoxy) is 1. The molecule has 3 aromatic rings. The fourth-order valence-electron chi connectivity index (χ4n) is 3.04. The van der Waals surface area contributed by atoms with Crippen LogP contribution in [0.2, 0.25) is 0 Å². The molecule has 1 N–H and O–H groups in total. The van der Waals surface area contributed by atoms with Crippen LogP contribution in [0.1, 0.15) is 12.6 Å². The molecular weight excluding hydrogens is 416 g/mol. The number of nitrogens with one attached hydrogen (secondary N) is 1. The first-order chi connectivity index (χ1) is 14.9. The summed E-state index contributed by atoms with van der Waals surface area (Å²) in [6, 6.07) is 15.0. The fourth-order valence-corrected chi connectivity index (χ4v) is 4.54. The van der Waals surface area contributed by atoms with Crippen molar-refractivity contribution in [3.05, 3.63) is 72.6 Å². The van der Waals surface area contributed by atoms with Gasteiger partial charge in [0.25, 0.3) is 10.0 Å². The predicted molar refractivity (Wildman–Crippen MR) is 121 cm³/mol. The van der Waals surface area contributed by atoms with Crippen LogP contribution in [-0.4, -0.2) is 37.8 Å². The molecule has 0 saturated heterocycles. The monoisotopic (exact) mass is 440 g/mol. The Labute approximate surface area is 181 Å². The average molecular weight is 441 g/mol. The third-order valence-electron chi connectivity index (χ3n) is 4.61. The Balaban J connectivity index is 1.90. The molecule has 0 aliphatic carbocycles. The highest BCUT2D eigenvalue weighted by Gasteiger charge is 2.25. The van der Waals surface area contributed by atoms with E-state index in [1.165, 1.54) is 35.7 Å². The second-order valence-corrected chi connectivity index (χ2v) is 8.43. The quantitative estimate of drug-likeness (QED) is 0.543. The van der Waals surface area contributed by atoms with Crippen molar-refractivity contribution in [3.8, 4) is 5.75 Å². The van der Waals surface area contributed by atoms with Gasteiger partial charge in [0.2, 0.25) is 5.91 Å². The van der Waals surface area contributed by atoms with Gasteiger partial charge in [-0.25, -0.2) is 8.42 Å². The van der Waals surface area contributed by atoms with E-state index in [0.29, 0.717) is 11.4 Å². The predicted octanol–water partition coefficient (Wildman–Crippen LogP) is 3.30. The van der Waals surface area contributed by atoms with Crippen LogP contribution in [0.5, 0.6) is 5.75 Å². The number of benzene rings is 2. The van der Waals surface area contributed by atoms with Gasteiger partial charge >= 0.3 is 0 Å². The van der Waals surface area contributed by atoms with E-state index < -0.39 is 15.9 Å². The Bertz CT molecular complexity index is 1190. The molecule has 1 aromatic heterocycles. The summed E-state index contributed by atoms with van der Waals surface area (Å²) in [4.78, 5) is 12.5. The number of methoxy groups -OCH3 is 1. The molecule has 0 aliphatic heterocycles. The van der Waals surface area contributed by atoms with Gasteiger partial charge in [0.1, 0.15) is 5.75 Å². The third kappa shape index (κ3) is 4.95. The van der Waals surface area contributed by atoms with Gasteiger partial charge in [-0.15, -0.1) is 0 Å². The largest absolute Gasteiger partial charge is 0.495 e. The fraction of sp³-hybridized carbons (Fsp3) is 0.182. The maximum atomic E-state index is 13.3. The molecule has 162 valence electrons. The molecule has 0 spiro atoms. The summed E-state index contributed by atoms with van der Waals surface area (Å²) in [7, 11) is -0.628. The zero-order chi connectivity index (χ0) is 22.4. The van der Waals surface area contributed by atoms with Crippen molar-refractivity contribution < 1.29 is 17.9 Å². The Kier molecular flexibility index (Phi) is 6.76. The number of para-hydroxylation sites is 1. The molecule has 9 heteroatoms. The van der Waals surface area contributed by atoms with Gasteiger partial charge in [-0.1, -0.05) is 18.2 Å². The van der Waals surface area contributed by atoms with E-state index in [9.17, 15) is 13.2 Å². The van der Waals surface area contributed by atoms with Crippen LogP contribution in [0.15, 0.2) is 71.8 Å². The van der Waals surface area contributed by atoms with E-state index in [1.54, 1.807) is 61.3 Å². The van der Waals surface area contributed by atoms with Gasteiger partial charge in [-0.2, -0.15) is 5.10 Å². The lowest BCUT2D eigenvalue weighted by Crippen LogP contribution is -2.30. The maximum Gasteiger partial charge on any atom is 0.264 e. The number of amides is 1. The number of anilines is 2. The molecule has 3 rings (SSSR count). The average Bonchev–Trinajstić information content (AvgIpc) is 3.18. The summed E-state index contributed by atoms with van der Waals surface area (Å²) in [5.74, 6) is -0.0755. The normalized spacial score (nSPS) is 11.5. The van der Waals surface area contributed by atoms with Gasteiger partial charge in [0, 0.05) is 25.9 Å². The van der Waals surface area contributed by atoms with Crippen LogP contribution in [0.25, 0.3) is 6.08 Å². The second kappa shape index (κ2) is 9.48. The van der Waals surface area contributed by atoms with Crippen molar-refractivity contribution in [2.24, 2.45) is 7.05 Å². The zero-order valence-electron chi connectivity index (χ0n) is 17.5. The van der Waals surface area contributed by atoms with Crippen molar-refractivity contribution in [1.29, 1.82) is 0 Å². The summed E-state index contributed by atoms with van der Waals surface area (Å²) in [6.07, 6.45) is 4.59. The topological polar surface area (TPSA) is 93.5 Å². The summed E-state index contributed by atoms with van der Waals surface area (Å²) in [5.41, 5.74) is 1.57. The van der Waals surface area contributed by atoms with Gasteiger partial charge in [0.05, 0.1) is 29.1 Å². The minimum Gasteiger partial charge on any atom is -0.495 e. The summed E-state index contributed by atoms with van der Waals surface area (Å²) in [5, 5.41) is 6.73.